The number of esters is 1. The molecule has 0 saturated carbocycles. The molecule has 9 heteroatoms. The van der Waals surface area contributed by atoms with Crippen LogP contribution < -0.4 is 0 Å². The SMILES string of the molecule is COC(=O)C(C)CN(CCO)C(=O)c1ccc(S(=O)(=O)N(C)C)cc1. The maximum atomic E-state index is 12.6. The van der Waals surface area contributed by atoms with Gasteiger partial charge in [0.05, 0.1) is 24.5 Å². The Labute approximate surface area is 148 Å². The first kappa shape index (κ1) is 21.1. The Morgan fingerprint density at radius 3 is 2.20 bits per heavy atom. The number of aliphatic hydroxyl groups excluding tert-OH is 1. The predicted octanol–water partition coefficient (Wildman–Crippen LogP) is 0.181. The molecule has 1 aromatic rings. The van der Waals surface area contributed by atoms with Crippen LogP contribution in [0.15, 0.2) is 29.2 Å². The maximum Gasteiger partial charge on any atom is 0.310 e. The van der Waals surface area contributed by atoms with Gasteiger partial charge in [-0.1, -0.05) is 6.92 Å². The smallest absolute Gasteiger partial charge is 0.310 e. The third-order valence-electron chi connectivity index (χ3n) is 3.63. The predicted molar refractivity (Wildman–Crippen MR) is 91.5 cm³/mol. The number of aliphatic hydroxyl groups is 1. The van der Waals surface area contributed by atoms with Gasteiger partial charge in [-0.15, -0.1) is 0 Å². The van der Waals surface area contributed by atoms with Crippen molar-refractivity contribution in [2.24, 2.45) is 5.92 Å². The van der Waals surface area contributed by atoms with Gasteiger partial charge in [-0.05, 0) is 24.3 Å². The van der Waals surface area contributed by atoms with Crippen molar-refractivity contribution in [3.63, 3.8) is 0 Å². The molecule has 1 amide bonds. The fourth-order valence-electron chi connectivity index (χ4n) is 2.17. The summed E-state index contributed by atoms with van der Waals surface area (Å²) in [5, 5.41) is 9.16. The lowest BCUT2D eigenvalue weighted by Gasteiger charge is -2.24. The van der Waals surface area contributed by atoms with Gasteiger partial charge in [0.1, 0.15) is 0 Å². The average molecular weight is 372 g/mol. The Balaban J connectivity index is 3.00. The van der Waals surface area contributed by atoms with Crippen LogP contribution in [0.4, 0.5) is 0 Å². The number of carbonyl (C=O) groups excluding carboxylic acids is 2. The molecule has 1 rings (SSSR count). The minimum absolute atomic E-state index is 0.0535. The van der Waals surface area contributed by atoms with Gasteiger partial charge >= 0.3 is 5.97 Å². The van der Waals surface area contributed by atoms with Crippen molar-refractivity contribution in [3.8, 4) is 0 Å². The Bertz CT molecular complexity index is 700. The maximum absolute atomic E-state index is 12.6. The van der Waals surface area contributed by atoms with Crippen molar-refractivity contribution >= 4 is 21.9 Å². The quantitative estimate of drug-likeness (QED) is 0.653. The fraction of sp³-hybridized carbons (Fsp3) is 0.500. The highest BCUT2D eigenvalue weighted by molar-refractivity contribution is 7.89. The molecule has 1 N–H and O–H groups in total. The van der Waals surface area contributed by atoms with Crippen LogP contribution in [0, 0.1) is 5.92 Å². The highest BCUT2D eigenvalue weighted by atomic mass is 32.2. The fourth-order valence-corrected chi connectivity index (χ4v) is 3.07. The van der Waals surface area contributed by atoms with Crippen molar-refractivity contribution in [2.75, 3.05) is 40.9 Å². The van der Waals surface area contributed by atoms with Crippen LogP contribution in [0.1, 0.15) is 17.3 Å². The van der Waals surface area contributed by atoms with E-state index in [9.17, 15) is 18.0 Å². The molecule has 8 nitrogen and oxygen atoms in total. The van der Waals surface area contributed by atoms with Crippen LogP contribution in [0.5, 0.6) is 0 Å². The summed E-state index contributed by atoms with van der Waals surface area (Å²) >= 11 is 0. The minimum Gasteiger partial charge on any atom is -0.469 e. The summed E-state index contributed by atoms with van der Waals surface area (Å²) < 4.78 is 29.8. The highest BCUT2D eigenvalue weighted by Gasteiger charge is 2.23. The molecular weight excluding hydrogens is 348 g/mol. The number of hydrogen-bond donors (Lipinski definition) is 1. The lowest BCUT2D eigenvalue weighted by atomic mass is 10.1. The van der Waals surface area contributed by atoms with E-state index >= 15 is 0 Å². The summed E-state index contributed by atoms with van der Waals surface area (Å²) in [7, 11) is 0.533. The van der Waals surface area contributed by atoms with Crippen LogP contribution in [0.3, 0.4) is 0 Å². The van der Waals surface area contributed by atoms with Crippen molar-refractivity contribution in [1.82, 2.24) is 9.21 Å². The molecule has 0 radical (unpaired) electrons. The third-order valence-corrected chi connectivity index (χ3v) is 5.46. The molecule has 0 aliphatic rings. The number of benzene rings is 1. The number of sulfonamides is 1. The van der Waals surface area contributed by atoms with Crippen LogP contribution in [0.2, 0.25) is 0 Å². The van der Waals surface area contributed by atoms with Crippen molar-refractivity contribution in [3.05, 3.63) is 29.8 Å². The largest absolute Gasteiger partial charge is 0.469 e. The second-order valence-electron chi connectivity index (χ2n) is 5.71. The Morgan fingerprint density at radius 2 is 1.76 bits per heavy atom. The molecule has 1 atom stereocenters. The first-order chi connectivity index (χ1) is 11.6. The van der Waals surface area contributed by atoms with E-state index in [2.05, 4.69) is 4.74 Å². The van der Waals surface area contributed by atoms with E-state index in [0.29, 0.717) is 0 Å². The van der Waals surface area contributed by atoms with Gasteiger partial charge in [0, 0.05) is 32.7 Å². The first-order valence-electron chi connectivity index (χ1n) is 7.65. The molecule has 0 saturated heterocycles. The summed E-state index contributed by atoms with van der Waals surface area (Å²) in [5.74, 6) is -1.41. The van der Waals surface area contributed by atoms with Crippen LogP contribution >= 0.6 is 0 Å². The van der Waals surface area contributed by atoms with E-state index in [0.717, 1.165) is 4.31 Å². The third kappa shape index (κ3) is 5.25. The van der Waals surface area contributed by atoms with Crippen molar-refractivity contribution in [1.29, 1.82) is 0 Å². The lowest BCUT2D eigenvalue weighted by molar-refractivity contribution is -0.145. The highest BCUT2D eigenvalue weighted by Crippen LogP contribution is 2.16. The number of amides is 1. The van der Waals surface area contributed by atoms with Crippen LogP contribution in [-0.2, 0) is 19.6 Å². The van der Waals surface area contributed by atoms with Crippen molar-refractivity contribution in [2.45, 2.75) is 11.8 Å². The van der Waals surface area contributed by atoms with E-state index in [4.69, 9.17) is 5.11 Å². The zero-order valence-electron chi connectivity index (χ0n) is 14.8. The molecular formula is C16H24N2O6S. The van der Waals surface area contributed by atoms with Gasteiger partial charge in [-0.2, -0.15) is 0 Å². The first-order valence-corrected chi connectivity index (χ1v) is 9.09. The number of carbonyl (C=O) groups is 2. The average Bonchev–Trinajstić information content (AvgIpc) is 2.59. The molecule has 140 valence electrons. The van der Waals surface area contributed by atoms with Gasteiger partial charge in [0.25, 0.3) is 5.91 Å². The van der Waals surface area contributed by atoms with E-state index in [1.165, 1.54) is 50.4 Å². The number of nitrogens with zero attached hydrogens (tertiary/aromatic N) is 2. The molecule has 1 aromatic carbocycles. The minimum atomic E-state index is -3.58. The summed E-state index contributed by atoms with van der Waals surface area (Å²) in [4.78, 5) is 25.5. The van der Waals surface area contributed by atoms with E-state index in [-0.39, 0.29) is 30.2 Å². The number of ether oxygens (including phenoxy) is 1. The monoisotopic (exact) mass is 372 g/mol. The van der Waals surface area contributed by atoms with Crippen molar-refractivity contribution < 1.29 is 27.9 Å². The Morgan fingerprint density at radius 1 is 1.20 bits per heavy atom. The van der Waals surface area contributed by atoms with E-state index < -0.39 is 27.8 Å². The van der Waals surface area contributed by atoms with Gasteiger partial charge in [0.15, 0.2) is 0 Å². The molecule has 25 heavy (non-hydrogen) atoms. The van der Waals surface area contributed by atoms with Gasteiger partial charge in [0.2, 0.25) is 10.0 Å². The molecule has 0 heterocycles. The van der Waals surface area contributed by atoms with Gasteiger partial charge in [-0.25, -0.2) is 12.7 Å². The van der Waals surface area contributed by atoms with E-state index in [1.807, 2.05) is 0 Å². The lowest BCUT2D eigenvalue weighted by Crippen LogP contribution is -2.39. The molecule has 0 aromatic heterocycles. The van der Waals surface area contributed by atoms with Gasteiger partial charge in [-0.3, -0.25) is 9.59 Å². The van der Waals surface area contributed by atoms with E-state index in [1.54, 1.807) is 6.92 Å². The van der Waals surface area contributed by atoms with Crippen LogP contribution in [-0.4, -0.2) is 75.5 Å². The zero-order chi connectivity index (χ0) is 19.2. The molecule has 0 bridgehead atoms. The second kappa shape index (κ2) is 8.93. The Kier molecular flexibility index (Phi) is 7.53. The van der Waals surface area contributed by atoms with Gasteiger partial charge < -0.3 is 14.7 Å². The summed E-state index contributed by atoms with van der Waals surface area (Å²) in [5.41, 5.74) is 0.267. The number of hydrogen-bond acceptors (Lipinski definition) is 6. The summed E-state index contributed by atoms with van der Waals surface area (Å²) in [6.07, 6.45) is 0. The summed E-state index contributed by atoms with van der Waals surface area (Å²) in [6.45, 7) is 1.50. The molecule has 0 fully saturated rings. The topological polar surface area (TPSA) is 104 Å². The normalized spacial score (nSPS) is 12.7. The molecule has 1 unspecified atom stereocenters. The molecule has 0 aliphatic carbocycles. The number of methoxy groups -OCH3 is 1. The number of rotatable bonds is 8. The van der Waals surface area contributed by atoms with Crippen LogP contribution in [0.25, 0.3) is 0 Å². The second-order valence-corrected chi connectivity index (χ2v) is 7.86. The molecule has 0 aliphatic heterocycles. The molecule has 0 spiro atoms. The summed E-state index contributed by atoms with van der Waals surface area (Å²) in [6, 6.07) is 5.52. The zero-order valence-corrected chi connectivity index (χ0v) is 15.6. The Hall–Kier alpha value is -1.97. The standard InChI is InChI=1S/C16H24N2O6S/c1-12(16(21)24-4)11-18(9-10-19)15(20)13-5-7-14(8-6-13)25(22,23)17(2)3/h5-8,12,19H,9-11H2,1-4H3.